The summed E-state index contributed by atoms with van der Waals surface area (Å²) < 4.78 is 11.0. The van der Waals surface area contributed by atoms with Gasteiger partial charge >= 0.3 is 11.9 Å². The molecule has 0 aliphatic carbocycles. The van der Waals surface area contributed by atoms with Crippen LogP contribution in [0.1, 0.15) is 57.8 Å². The minimum absolute atomic E-state index is 0.111. The Bertz CT molecular complexity index is 1400. The molecule has 36 heavy (non-hydrogen) atoms. The maximum absolute atomic E-state index is 13.2. The van der Waals surface area contributed by atoms with Gasteiger partial charge in [-0.1, -0.05) is 37.6 Å². The lowest BCUT2D eigenvalue weighted by atomic mass is 10.1. The number of rotatable bonds is 10. The fraction of sp³-hybridized carbons (Fsp3) is 0.250. The molecule has 1 N–H and O–H groups in total. The number of benzene rings is 2. The number of carbonyl (C=O) groups excluding carboxylic acids is 3. The normalized spacial score (nSPS) is 11.0. The summed E-state index contributed by atoms with van der Waals surface area (Å²) >= 11 is 4.77. The molecule has 0 saturated carbocycles. The number of carbonyl (C=O) groups is 3. The fourth-order valence-corrected chi connectivity index (χ4v) is 5.40. The van der Waals surface area contributed by atoms with E-state index in [1.165, 1.54) is 11.3 Å². The molecule has 0 amide bonds. The van der Waals surface area contributed by atoms with Gasteiger partial charge < -0.3 is 14.5 Å². The average Bonchev–Trinajstić information content (AvgIpc) is 3.47. The standard InChI is InChI=1S/C28H26BrNO5S/c1-3-5-12-35-28(33)18-8-6-17(7-9-18)22-13-19-10-11-20(14-23(19)30-22)26(32)24-15-21(27(29)36-24)16-25(31)34-4-2/h6-11,13-15,30H,3-5,12,16H2,1-2H3. The maximum Gasteiger partial charge on any atom is 0.338 e. The Balaban J connectivity index is 1.51. The first-order chi connectivity index (χ1) is 17.4. The minimum atomic E-state index is -0.322. The van der Waals surface area contributed by atoms with Crippen LogP contribution in [0.3, 0.4) is 0 Å². The molecule has 0 fully saturated rings. The second kappa shape index (κ2) is 11.7. The highest BCUT2D eigenvalue weighted by molar-refractivity contribution is 9.11. The Kier molecular flexibility index (Phi) is 8.38. The van der Waals surface area contributed by atoms with Gasteiger partial charge in [0.05, 0.1) is 33.9 Å². The van der Waals surface area contributed by atoms with Crippen LogP contribution in [-0.4, -0.2) is 35.9 Å². The highest BCUT2D eigenvalue weighted by atomic mass is 79.9. The largest absolute Gasteiger partial charge is 0.466 e. The molecule has 0 aliphatic rings. The van der Waals surface area contributed by atoms with E-state index in [-0.39, 0.29) is 24.1 Å². The molecule has 186 valence electrons. The van der Waals surface area contributed by atoms with E-state index < -0.39 is 0 Å². The van der Waals surface area contributed by atoms with Crippen LogP contribution in [0, 0.1) is 0 Å². The predicted molar refractivity (Wildman–Crippen MR) is 145 cm³/mol. The summed E-state index contributed by atoms with van der Waals surface area (Å²) in [6.07, 6.45) is 1.94. The fourth-order valence-electron chi connectivity index (χ4n) is 3.75. The molecule has 2 aromatic carbocycles. The van der Waals surface area contributed by atoms with Crippen molar-refractivity contribution >= 4 is 55.9 Å². The number of ketones is 1. The van der Waals surface area contributed by atoms with E-state index in [1.54, 1.807) is 31.2 Å². The van der Waals surface area contributed by atoms with Crippen molar-refractivity contribution in [2.75, 3.05) is 13.2 Å². The molecule has 0 aliphatic heterocycles. The van der Waals surface area contributed by atoms with Crippen LogP contribution in [0.5, 0.6) is 0 Å². The predicted octanol–water partition coefficient (Wildman–Crippen LogP) is 6.95. The third kappa shape index (κ3) is 5.94. The second-order valence-electron chi connectivity index (χ2n) is 8.27. The lowest BCUT2D eigenvalue weighted by Crippen LogP contribution is -2.07. The van der Waals surface area contributed by atoms with Crippen LogP contribution < -0.4 is 0 Å². The quantitative estimate of drug-likeness (QED) is 0.127. The van der Waals surface area contributed by atoms with Crippen molar-refractivity contribution in [2.24, 2.45) is 0 Å². The third-order valence-corrected chi connectivity index (χ3v) is 7.63. The van der Waals surface area contributed by atoms with Gasteiger partial charge in [-0.05, 0) is 70.7 Å². The number of aromatic nitrogens is 1. The topological polar surface area (TPSA) is 85.5 Å². The molecular weight excluding hydrogens is 542 g/mol. The van der Waals surface area contributed by atoms with Crippen molar-refractivity contribution in [3.05, 3.63) is 80.0 Å². The van der Waals surface area contributed by atoms with Crippen molar-refractivity contribution in [3.63, 3.8) is 0 Å². The summed E-state index contributed by atoms with van der Waals surface area (Å²) in [6.45, 7) is 4.56. The van der Waals surface area contributed by atoms with Gasteiger partial charge in [-0.15, -0.1) is 11.3 Å². The molecular formula is C28H26BrNO5S. The lowest BCUT2D eigenvalue weighted by Gasteiger charge is -2.04. The Morgan fingerprint density at radius 3 is 2.42 bits per heavy atom. The van der Waals surface area contributed by atoms with Gasteiger partial charge in [0.1, 0.15) is 0 Å². The zero-order valence-electron chi connectivity index (χ0n) is 20.1. The van der Waals surface area contributed by atoms with Crippen LogP contribution >= 0.6 is 27.3 Å². The average molecular weight is 568 g/mol. The van der Waals surface area contributed by atoms with E-state index in [9.17, 15) is 14.4 Å². The number of esters is 2. The molecule has 0 unspecified atom stereocenters. The molecule has 0 atom stereocenters. The molecule has 0 saturated heterocycles. The molecule has 2 heterocycles. The summed E-state index contributed by atoms with van der Waals surface area (Å²) in [5.74, 6) is -0.753. The van der Waals surface area contributed by atoms with E-state index in [0.29, 0.717) is 29.2 Å². The van der Waals surface area contributed by atoms with Gasteiger partial charge in [-0.3, -0.25) is 9.59 Å². The van der Waals surface area contributed by atoms with Gasteiger partial charge in [0, 0.05) is 22.2 Å². The number of halogens is 1. The zero-order valence-corrected chi connectivity index (χ0v) is 22.5. The number of unbranched alkanes of at least 4 members (excludes halogenated alkanes) is 1. The van der Waals surface area contributed by atoms with Crippen molar-refractivity contribution in [1.29, 1.82) is 0 Å². The molecule has 0 radical (unpaired) electrons. The third-order valence-electron chi connectivity index (χ3n) is 5.67. The van der Waals surface area contributed by atoms with Crippen molar-refractivity contribution < 1.29 is 23.9 Å². The van der Waals surface area contributed by atoms with Gasteiger partial charge in [0.25, 0.3) is 0 Å². The molecule has 0 spiro atoms. The van der Waals surface area contributed by atoms with Crippen LogP contribution in [0.4, 0.5) is 0 Å². The van der Waals surface area contributed by atoms with Gasteiger partial charge in [0.2, 0.25) is 5.78 Å². The van der Waals surface area contributed by atoms with E-state index in [0.717, 1.165) is 44.4 Å². The Labute approximate surface area is 221 Å². The second-order valence-corrected chi connectivity index (χ2v) is 10.6. The van der Waals surface area contributed by atoms with Crippen molar-refractivity contribution in [3.8, 4) is 11.3 Å². The highest BCUT2D eigenvalue weighted by Gasteiger charge is 2.18. The van der Waals surface area contributed by atoms with Crippen LogP contribution in [0.2, 0.25) is 0 Å². The summed E-state index contributed by atoms with van der Waals surface area (Å²) in [6, 6.07) is 16.6. The van der Waals surface area contributed by atoms with Crippen LogP contribution in [0.15, 0.2) is 58.4 Å². The first kappa shape index (κ1) is 25.9. The number of thiophene rings is 1. The first-order valence-corrected chi connectivity index (χ1v) is 13.4. The number of aromatic amines is 1. The van der Waals surface area contributed by atoms with E-state index in [4.69, 9.17) is 9.47 Å². The van der Waals surface area contributed by atoms with E-state index in [2.05, 4.69) is 20.9 Å². The summed E-state index contributed by atoms with van der Waals surface area (Å²) in [4.78, 5) is 41.1. The summed E-state index contributed by atoms with van der Waals surface area (Å²) in [5, 5.41) is 0.972. The van der Waals surface area contributed by atoms with Crippen molar-refractivity contribution in [2.45, 2.75) is 33.1 Å². The number of hydrogen-bond donors (Lipinski definition) is 1. The molecule has 0 bridgehead atoms. The van der Waals surface area contributed by atoms with Gasteiger partial charge in [0.15, 0.2) is 0 Å². The van der Waals surface area contributed by atoms with Gasteiger partial charge in [-0.25, -0.2) is 4.79 Å². The smallest absolute Gasteiger partial charge is 0.338 e. The monoisotopic (exact) mass is 567 g/mol. The van der Waals surface area contributed by atoms with Crippen LogP contribution in [-0.2, 0) is 20.7 Å². The lowest BCUT2D eigenvalue weighted by molar-refractivity contribution is -0.142. The SMILES string of the molecule is CCCCOC(=O)c1ccc(-c2cc3ccc(C(=O)c4cc(CC(=O)OCC)c(Br)s4)cc3[nH]2)cc1. The van der Waals surface area contributed by atoms with Crippen molar-refractivity contribution in [1.82, 2.24) is 4.98 Å². The maximum atomic E-state index is 13.2. The number of hydrogen-bond acceptors (Lipinski definition) is 6. The molecule has 2 aromatic heterocycles. The van der Waals surface area contributed by atoms with E-state index in [1.807, 2.05) is 37.3 Å². The summed E-state index contributed by atoms with van der Waals surface area (Å²) in [7, 11) is 0. The molecule has 8 heteroatoms. The van der Waals surface area contributed by atoms with Crippen LogP contribution in [0.25, 0.3) is 22.2 Å². The Hall–Kier alpha value is -3.23. The minimum Gasteiger partial charge on any atom is -0.466 e. The number of H-pyrrole nitrogens is 1. The highest BCUT2D eigenvalue weighted by Crippen LogP contribution is 2.32. The summed E-state index contributed by atoms with van der Waals surface area (Å²) in [5.41, 5.74) is 4.45. The number of nitrogens with one attached hydrogen (secondary N) is 1. The number of fused-ring (bicyclic) bond motifs is 1. The molecule has 4 rings (SSSR count). The van der Waals surface area contributed by atoms with Gasteiger partial charge in [-0.2, -0.15) is 0 Å². The Morgan fingerprint density at radius 2 is 1.69 bits per heavy atom. The van der Waals surface area contributed by atoms with E-state index >= 15 is 0 Å². The Morgan fingerprint density at radius 1 is 0.944 bits per heavy atom. The zero-order chi connectivity index (χ0) is 25.7. The molecule has 4 aromatic rings. The first-order valence-electron chi connectivity index (χ1n) is 11.8. The number of ether oxygens (including phenoxy) is 2. The molecule has 6 nitrogen and oxygen atoms in total.